The molecule has 0 bridgehead atoms. The summed E-state index contributed by atoms with van der Waals surface area (Å²) in [6, 6.07) is 5.82. The highest BCUT2D eigenvalue weighted by molar-refractivity contribution is 5.36. The summed E-state index contributed by atoms with van der Waals surface area (Å²) in [6.45, 7) is 1.61. The van der Waals surface area contributed by atoms with E-state index in [1.165, 1.54) is 12.1 Å². The lowest BCUT2D eigenvalue weighted by molar-refractivity contribution is -0.275. The molecule has 2 unspecified atom stereocenters. The monoisotopic (exact) mass is 304 g/mol. The summed E-state index contributed by atoms with van der Waals surface area (Å²) >= 11 is 0. The third-order valence-electron chi connectivity index (χ3n) is 3.68. The highest BCUT2D eigenvalue weighted by Crippen LogP contribution is 2.34. The van der Waals surface area contributed by atoms with Gasteiger partial charge >= 0.3 is 6.36 Å². The Kier molecular flexibility index (Phi) is 5.08. The fourth-order valence-electron chi connectivity index (χ4n) is 2.68. The maximum atomic E-state index is 12.5. The van der Waals surface area contributed by atoms with E-state index in [9.17, 15) is 13.2 Å². The first-order valence-corrected chi connectivity index (χ1v) is 6.76. The van der Waals surface area contributed by atoms with Gasteiger partial charge in [-0.3, -0.25) is 4.90 Å². The lowest BCUT2D eigenvalue weighted by atomic mass is 10.0. The van der Waals surface area contributed by atoms with Gasteiger partial charge in [0.15, 0.2) is 0 Å². The molecule has 1 aliphatic heterocycles. The Balaban J connectivity index is 2.22. The van der Waals surface area contributed by atoms with E-state index in [4.69, 9.17) is 10.5 Å². The molecule has 1 saturated heterocycles. The first-order valence-electron chi connectivity index (χ1n) is 6.76. The first kappa shape index (κ1) is 16.1. The molecule has 21 heavy (non-hydrogen) atoms. The van der Waals surface area contributed by atoms with Crippen molar-refractivity contribution in [3.8, 4) is 5.75 Å². The fourth-order valence-corrected chi connectivity index (χ4v) is 2.68. The molecule has 1 aromatic carbocycles. The summed E-state index contributed by atoms with van der Waals surface area (Å²) in [5, 5.41) is 0. The lowest BCUT2D eigenvalue weighted by Crippen LogP contribution is -2.33. The van der Waals surface area contributed by atoms with E-state index in [2.05, 4.69) is 4.74 Å². The fraction of sp³-hybridized carbons (Fsp3) is 0.571. The molecular weight excluding hydrogens is 285 g/mol. The maximum absolute atomic E-state index is 12.5. The number of hydrogen-bond acceptors (Lipinski definition) is 4. The van der Waals surface area contributed by atoms with Crippen LogP contribution in [0.5, 0.6) is 5.75 Å². The highest BCUT2D eigenvalue weighted by atomic mass is 19.4. The number of para-hydroxylation sites is 1. The Morgan fingerprint density at radius 2 is 2.10 bits per heavy atom. The molecule has 2 N–H and O–H groups in total. The van der Waals surface area contributed by atoms with E-state index < -0.39 is 6.36 Å². The minimum Gasteiger partial charge on any atom is -0.405 e. The highest BCUT2D eigenvalue weighted by Gasteiger charge is 2.35. The predicted molar refractivity (Wildman–Crippen MR) is 71.9 cm³/mol. The van der Waals surface area contributed by atoms with Crippen LogP contribution in [-0.2, 0) is 4.74 Å². The van der Waals surface area contributed by atoms with Crippen molar-refractivity contribution in [3.63, 3.8) is 0 Å². The summed E-state index contributed by atoms with van der Waals surface area (Å²) in [7, 11) is 1.63. The predicted octanol–water partition coefficient (Wildman–Crippen LogP) is 2.31. The van der Waals surface area contributed by atoms with Gasteiger partial charge in [0.25, 0.3) is 0 Å². The van der Waals surface area contributed by atoms with Gasteiger partial charge in [0, 0.05) is 32.3 Å². The van der Waals surface area contributed by atoms with Crippen molar-refractivity contribution in [1.29, 1.82) is 0 Å². The van der Waals surface area contributed by atoms with E-state index >= 15 is 0 Å². The van der Waals surface area contributed by atoms with Gasteiger partial charge < -0.3 is 15.2 Å². The number of benzene rings is 1. The van der Waals surface area contributed by atoms with E-state index in [0.29, 0.717) is 12.1 Å². The lowest BCUT2D eigenvalue weighted by Gasteiger charge is -2.28. The average molecular weight is 304 g/mol. The van der Waals surface area contributed by atoms with Crippen LogP contribution in [0.4, 0.5) is 13.2 Å². The van der Waals surface area contributed by atoms with Gasteiger partial charge in [-0.15, -0.1) is 13.2 Å². The molecule has 2 rings (SSSR count). The molecule has 0 aliphatic carbocycles. The number of nitrogens with zero attached hydrogens (tertiary/aromatic N) is 1. The second-order valence-corrected chi connectivity index (χ2v) is 4.98. The summed E-state index contributed by atoms with van der Waals surface area (Å²) < 4.78 is 46.9. The molecule has 0 radical (unpaired) electrons. The molecule has 4 nitrogen and oxygen atoms in total. The maximum Gasteiger partial charge on any atom is 0.573 e. The number of halogens is 3. The molecular formula is C14H19F3N2O2. The molecule has 0 saturated carbocycles. The standard InChI is InChI=1S/C14H19F3N2O2/c1-20-10-6-7-19(9-10)12(8-18)11-4-2-3-5-13(11)21-14(15,16)17/h2-5,10,12H,6-9,18H2,1H3. The quantitative estimate of drug-likeness (QED) is 0.907. The van der Waals surface area contributed by atoms with E-state index in [1.54, 1.807) is 19.2 Å². The van der Waals surface area contributed by atoms with Crippen LogP contribution in [0.2, 0.25) is 0 Å². The largest absolute Gasteiger partial charge is 0.573 e. The van der Waals surface area contributed by atoms with Crippen molar-refractivity contribution in [2.75, 3.05) is 26.7 Å². The number of rotatable bonds is 5. The second kappa shape index (κ2) is 6.64. The van der Waals surface area contributed by atoms with Crippen molar-refractivity contribution in [3.05, 3.63) is 29.8 Å². The number of nitrogens with two attached hydrogens (primary N) is 1. The van der Waals surface area contributed by atoms with Crippen LogP contribution in [-0.4, -0.2) is 44.1 Å². The number of ether oxygens (including phenoxy) is 2. The first-order chi connectivity index (χ1) is 9.94. The van der Waals surface area contributed by atoms with Gasteiger partial charge in [0.2, 0.25) is 0 Å². The number of alkyl halides is 3. The van der Waals surface area contributed by atoms with Crippen molar-refractivity contribution in [2.24, 2.45) is 5.73 Å². The Bertz CT molecular complexity index is 468. The Morgan fingerprint density at radius 1 is 1.38 bits per heavy atom. The van der Waals surface area contributed by atoms with E-state index in [-0.39, 0.29) is 24.4 Å². The molecule has 0 spiro atoms. The molecule has 2 atom stereocenters. The van der Waals surface area contributed by atoms with Crippen LogP contribution in [0, 0.1) is 0 Å². The Morgan fingerprint density at radius 3 is 2.67 bits per heavy atom. The van der Waals surface area contributed by atoms with Crippen LogP contribution in [0.1, 0.15) is 18.0 Å². The second-order valence-electron chi connectivity index (χ2n) is 4.98. The third-order valence-corrected chi connectivity index (χ3v) is 3.68. The zero-order valence-corrected chi connectivity index (χ0v) is 11.8. The topological polar surface area (TPSA) is 47.7 Å². The van der Waals surface area contributed by atoms with Crippen LogP contribution < -0.4 is 10.5 Å². The number of likely N-dealkylation sites (tertiary alicyclic amines) is 1. The van der Waals surface area contributed by atoms with Gasteiger partial charge in [-0.1, -0.05) is 18.2 Å². The van der Waals surface area contributed by atoms with Gasteiger partial charge in [-0.05, 0) is 12.5 Å². The molecule has 1 aliphatic rings. The molecule has 0 amide bonds. The summed E-state index contributed by atoms with van der Waals surface area (Å²) in [5.41, 5.74) is 6.24. The smallest absolute Gasteiger partial charge is 0.405 e. The summed E-state index contributed by atoms with van der Waals surface area (Å²) in [6.07, 6.45) is -3.78. The Labute approximate surface area is 121 Å². The minimum atomic E-state index is -4.71. The van der Waals surface area contributed by atoms with Crippen LogP contribution >= 0.6 is 0 Å². The Hall–Kier alpha value is -1.31. The van der Waals surface area contributed by atoms with Crippen molar-refractivity contribution >= 4 is 0 Å². The normalized spacial score (nSPS) is 21.5. The summed E-state index contributed by atoms with van der Waals surface area (Å²) in [5.74, 6) is -0.193. The average Bonchev–Trinajstić information content (AvgIpc) is 2.88. The van der Waals surface area contributed by atoms with Crippen molar-refractivity contribution in [1.82, 2.24) is 4.90 Å². The van der Waals surface area contributed by atoms with Gasteiger partial charge in [0.05, 0.1) is 12.1 Å². The van der Waals surface area contributed by atoms with Gasteiger partial charge in [0.1, 0.15) is 5.75 Å². The van der Waals surface area contributed by atoms with Gasteiger partial charge in [-0.25, -0.2) is 0 Å². The minimum absolute atomic E-state index is 0.0924. The molecule has 0 aromatic heterocycles. The van der Waals surface area contributed by atoms with Crippen LogP contribution in [0.15, 0.2) is 24.3 Å². The van der Waals surface area contributed by atoms with Crippen molar-refractivity contribution in [2.45, 2.75) is 24.9 Å². The van der Waals surface area contributed by atoms with Crippen LogP contribution in [0.25, 0.3) is 0 Å². The molecule has 1 aromatic rings. The van der Waals surface area contributed by atoms with Crippen LogP contribution in [0.3, 0.4) is 0 Å². The SMILES string of the molecule is COC1CCN(C(CN)c2ccccc2OC(F)(F)F)C1. The van der Waals surface area contributed by atoms with Crippen molar-refractivity contribution < 1.29 is 22.6 Å². The zero-order chi connectivity index (χ0) is 15.5. The molecule has 1 fully saturated rings. The van der Waals surface area contributed by atoms with E-state index in [1.807, 2.05) is 4.90 Å². The summed E-state index contributed by atoms with van der Waals surface area (Å²) in [4.78, 5) is 2.03. The zero-order valence-electron chi connectivity index (χ0n) is 11.8. The molecule has 1 heterocycles. The molecule has 118 valence electrons. The number of methoxy groups -OCH3 is 1. The number of hydrogen-bond donors (Lipinski definition) is 1. The third kappa shape index (κ3) is 4.09. The molecule has 7 heteroatoms. The van der Waals surface area contributed by atoms with Gasteiger partial charge in [-0.2, -0.15) is 0 Å². The van der Waals surface area contributed by atoms with E-state index in [0.717, 1.165) is 13.0 Å².